The van der Waals surface area contributed by atoms with E-state index in [-0.39, 0.29) is 5.54 Å². The predicted molar refractivity (Wildman–Crippen MR) is 83.7 cm³/mol. The molecule has 0 fully saturated rings. The monoisotopic (exact) mass is 261 g/mol. The van der Waals surface area contributed by atoms with Gasteiger partial charge in [-0.15, -0.1) is 6.58 Å². The highest BCUT2D eigenvalue weighted by molar-refractivity contribution is 5.56. The van der Waals surface area contributed by atoms with E-state index in [2.05, 4.69) is 55.5 Å². The molecule has 3 heteroatoms. The van der Waals surface area contributed by atoms with Crippen LogP contribution in [0.15, 0.2) is 24.9 Å². The molecular formula is C16H27N3. The molecule has 1 aromatic rings. The van der Waals surface area contributed by atoms with Gasteiger partial charge in [-0.1, -0.05) is 13.0 Å². The Hall–Kier alpha value is -1.35. The number of hydrogen-bond acceptors (Lipinski definition) is 3. The van der Waals surface area contributed by atoms with E-state index < -0.39 is 0 Å². The molecule has 1 heterocycles. The van der Waals surface area contributed by atoms with Gasteiger partial charge in [0.2, 0.25) is 0 Å². The van der Waals surface area contributed by atoms with Crippen LogP contribution in [0.25, 0.3) is 0 Å². The summed E-state index contributed by atoms with van der Waals surface area (Å²) in [5, 5.41) is 3.38. The van der Waals surface area contributed by atoms with Gasteiger partial charge in [-0.3, -0.25) is 4.98 Å². The number of rotatable bonds is 6. The fourth-order valence-corrected chi connectivity index (χ4v) is 2.08. The second kappa shape index (κ2) is 6.71. The average Bonchev–Trinajstić information content (AvgIpc) is 2.33. The molecule has 1 aromatic heterocycles. The van der Waals surface area contributed by atoms with Gasteiger partial charge >= 0.3 is 0 Å². The zero-order chi connectivity index (χ0) is 14.5. The SMILES string of the molecule is C=CCN(c1cc(C)ncc1CNCC)C(C)(C)C. The minimum absolute atomic E-state index is 0.0585. The normalized spacial score (nSPS) is 11.4. The summed E-state index contributed by atoms with van der Waals surface area (Å²) in [6.45, 7) is 17.4. The Morgan fingerprint density at radius 1 is 1.42 bits per heavy atom. The van der Waals surface area contributed by atoms with E-state index in [1.165, 1.54) is 11.3 Å². The molecule has 0 saturated heterocycles. The number of pyridine rings is 1. The zero-order valence-corrected chi connectivity index (χ0v) is 13.0. The molecule has 0 aromatic carbocycles. The Balaban J connectivity index is 3.18. The van der Waals surface area contributed by atoms with Crippen LogP contribution in [-0.4, -0.2) is 23.6 Å². The van der Waals surface area contributed by atoms with E-state index >= 15 is 0 Å². The lowest BCUT2D eigenvalue weighted by molar-refractivity contribution is 0.519. The van der Waals surface area contributed by atoms with Crippen LogP contribution >= 0.6 is 0 Å². The highest BCUT2D eigenvalue weighted by atomic mass is 15.2. The maximum absolute atomic E-state index is 4.42. The van der Waals surface area contributed by atoms with Gasteiger partial charge in [0.25, 0.3) is 0 Å². The second-order valence-corrected chi connectivity index (χ2v) is 5.80. The minimum Gasteiger partial charge on any atom is -0.363 e. The Labute approximate surface area is 117 Å². The van der Waals surface area contributed by atoms with Gasteiger partial charge in [-0.05, 0) is 40.3 Å². The van der Waals surface area contributed by atoms with Gasteiger partial charge in [0.15, 0.2) is 0 Å². The van der Waals surface area contributed by atoms with Gasteiger partial charge in [0.1, 0.15) is 0 Å². The van der Waals surface area contributed by atoms with Crippen LogP contribution in [0.3, 0.4) is 0 Å². The lowest BCUT2D eigenvalue weighted by Crippen LogP contribution is -2.42. The molecule has 106 valence electrons. The summed E-state index contributed by atoms with van der Waals surface area (Å²) in [6, 6.07) is 2.17. The van der Waals surface area contributed by atoms with Crippen molar-refractivity contribution < 1.29 is 0 Å². The molecule has 0 aliphatic rings. The molecule has 0 aliphatic heterocycles. The van der Waals surface area contributed by atoms with Gasteiger partial charge in [0, 0.05) is 41.8 Å². The standard InChI is InChI=1S/C16H27N3/c1-7-9-19(16(4,5)6)15-10-13(3)18-12-14(15)11-17-8-2/h7,10,12,17H,1,8-9,11H2,2-6H3. The molecule has 0 unspecified atom stereocenters. The Kier molecular flexibility index (Phi) is 5.55. The van der Waals surface area contributed by atoms with Crippen molar-refractivity contribution in [3.8, 4) is 0 Å². The molecule has 0 amide bonds. The summed E-state index contributed by atoms with van der Waals surface area (Å²) in [5.74, 6) is 0. The molecule has 0 aliphatic carbocycles. The van der Waals surface area contributed by atoms with Crippen LogP contribution in [0, 0.1) is 6.92 Å². The number of anilines is 1. The van der Waals surface area contributed by atoms with E-state index in [0.29, 0.717) is 0 Å². The fourth-order valence-electron chi connectivity index (χ4n) is 2.08. The maximum atomic E-state index is 4.42. The number of aryl methyl sites for hydroxylation is 1. The first-order valence-corrected chi connectivity index (χ1v) is 6.95. The number of aromatic nitrogens is 1. The van der Waals surface area contributed by atoms with Crippen LogP contribution in [0.4, 0.5) is 5.69 Å². The van der Waals surface area contributed by atoms with Crippen molar-refractivity contribution in [2.24, 2.45) is 0 Å². The minimum atomic E-state index is 0.0585. The van der Waals surface area contributed by atoms with Crippen molar-refractivity contribution in [1.82, 2.24) is 10.3 Å². The summed E-state index contributed by atoms with van der Waals surface area (Å²) in [5.41, 5.74) is 3.60. The van der Waals surface area contributed by atoms with E-state index in [0.717, 1.165) is 25.3 Å². The van der Waals surface area contributed by atoms with E-state index in [1.807, 2.05) is 19.2 Å². The third-order valence-electron chi connectivity index (χ3n) is 3.08. The molecular weight excluding hydrogens is 234 g/mol. The predicted octanol–water partition coefficient (Wildman–Crippen LogP) is 3.29. The Bertz CT molecular complexity index is 418. The first-order valence-electron chi connectivity index (χ1n) is 6.95. The first-order chi connectivity index (χ1) is 8.90. The maximum Gasteiger partial charge on any atom is 0.0452 e. The van der Waals surface area contributed by atoms with Crippen LogP contribution < -0.4 is 10.2 Å². The van der Waals surface area contributed by atoms with E-state index in [1.54, 1.807) is 0 Å². The van der Waals surface area contributed by atoms with Crippen molar-refractivity contribution in [2.45, 2.75) is 46.7 Å². The number of hydrogen-bond donors (Lipinski definition) is 1. The molecule has 3 nitrogen and oxygen atoms in total. The summed E-state index contributed by atoms with van der Waals surface area (Å²) in [7, 11) is 0. The lowest BCUT2D eigenvalue weighted by atomic mass is 10.0. The van der Waals surface area contributed by atoms with E-state index in [4.69, 9.17) is 0 Å². The van der Waals surface area contributed by atoms with Crippen LogP contribution in [0.2, 0.25) is 0 Å². The molecule has 0 atom stereocenters. The highest BCUT2D eigenvalue weighted by Gasteiger charge is 2.22. The van der Waals surface area contributed by atoms with Crippen molar-refractivity contribution in [3.05, 3.63) is 36.2 Å². The third kappa shape index (κ3) is 4.35. The van der Waals surface area contributed by atoms with Crippen molar-refractivity contribution >= 4 is 5.69 Å². The quantitative estimate of drug-likeness (QED) is 0.796. The van der Waals surface area contributed by atoms with Crippen LogP contribution in [0.5, 0.6) is 0 Å². The van der Waals surface area contributed by atoms with Gasteiger partial charge in [-0.2, -0.15) is 0 Å². The summed E-state index contributed by atoms with van der Waals surface area (Å²) in [4.78, 5) is 6.80. The second-order valence-electron chi connectivity index (χ2n) is 5.80. The van der Waals surface area contributed by atoms with Gasteiger partial charge in [-0.25, -0.2) is 0 Å². The first kappa shape index (κ1) is 15.7. The summed E-state index contributed by atoms with van der Waals surface area (Å²) < 4.78 is 0. The van der Waals surface area contributed by atoms with Gasteiger partial charge in [0.05, 0.1) is 0 Å². The van der Waals surface area contributed by atoms with Crippen molar-refractivity contribution in [2.75, 3.05) is 18.0 Å². The lowest BCUT2D eigenvalue weighted by Gasteiger charge is -2.38. The van der Waals surface area contributed by atoms with Gasteiger partial charge < -0.3 is 10.2 Å². The summed E-state index contributed by atoms with van der Waals surface area (Å²) >= 11 is 0. The molecule has 0 bridgehead atoms. The van der Waals surface area contributed by atoms with Crippen LogP contribution in [-0.2, 0) is 6.54 Å². The molecule has 1 rings (SSSR count). The molecule has 1 N–H and O–H groups in total. The third-order valence-corrected chi connectivity index (χ3v) is 3.08. The highest BCUT2D eigenvalue weighted by Crippen LogP contribution is 2.27. The van der Waals surface area contributed by atoms with Crippen LogP contribution in [0.1, 0.15) is 39.0 Å². The van der Waals surface area contributed by atoms with Crippen molar-refractivity contribution in [3.63, 3.8) is 0 Å². The summed E-state index contributed by atoms with van der Waals surface area (Å²) in [6.07, 6.45) is 3.94. The smallest absolute Gasteiger partial charge is 0.0452 e. The van der Waals surface area contributed by atoms with E-state index in [9.17, 15) is 0 Å². The Morgan fingerprint density at radius 2 is 2.11 bits per heavy atom. The fraction of sp³-hybridized carbons (Fsp3) is 0.562. The average molecular weight is 261 g/mol. The number of nitrogens with one attached hydrogen (secondary N) is 1. The van der Waals surface area contributed by atoms with Crippen molar-refractivity contribution in [1.29, 1.82) is 0 Å². The number of nitrogens with zero attached hydrogens (tertiary/aromatic N) is 2. The molecule has 19 heavy (non-hydrogen) atoms. The molecule has 0 radical (unpaired) electrons. The zero-order valence-electron chi connectivity index (χ0n) is 13.0. The molecule has 0 spiro atoms. The molecule has 0 saturated carbocycles. The Morgan fingerprint density at radius 3 is 2.63 bits per heavy atom. The largest absolute Gasteiger partial charge is 0.363 e. The topological polar surface area (TPSA) is 28.2 Å².